The lowest BCUT2D eigenvalue weighted by Gasteiger charge is -2.19. The molecule has 0 atom stereocenters. The van der Waals surface area contributed by atoms with Crippen LogP contribution in [0.5, 0.6) is 0 Å². The monoisotopic (exact) mass is 297 g/mol. The molecule has 0 amide bonds. The molecular weight excluding hydrogens is 279 g/mol. The first-order valence-corrected chi connectivity index (χ1v) is 6.71. The van der Waals surface area contributed by atoms with E-state index >= 15 is 0 Å². The molecule has 0 radical (unpaired) electrons. The maximum Gasteiger partial charge on any atom is 0.390 e. The van der Waals surface area contributed by atoms with E-state index in [1.807, 2.05) is 30.3 Å². The molecule has 0 aliphatic carbocycles. The normalized spacial score (nSPS) is 12.1. The lowest BCUT2D eigenvalue weighted by molar-refractivity contribution is -0.137. The van der Waals surface area contributed by atoms with Crippen molar-refractivity contribution < 1.29 is 13.2 Å². The van der Waals surface area contributed by atoms with Gasteiger partial charge in [-0.1, -0.05) is 18.2 Å². The van der Waals surface area contributed by atoms with Crippen molar-refractivity contribution in [1.82, 2.24) is 9.88 Å². The predicted octanol–water partition coefficient (Wildman–Crippen LogP) is 3.66. The molecule has 0 fully saturated rings. The van der Waals surface area contributed by atoms with Crippen molar-refractivity contribution in [1.29, 1.82) is 0 Å². The highest BCUT2D eigenvalue weighted by molar-refractivity contribution is 5.81. The zero-order valence-electron chi connectivity index (χ0n) is 12.0. The average Bonchev–Trinajstić information content (AvgIpc) is 2.43. The minimum absolute atomic E-state index is 0.0283. The number of aromatic nitrogens is 1. The molecule has 1 aromatic heterocycles. The largest absolute Gasteiger partial charge is 0.390 e. The number of nitrogens with one attached hydrogen (secondary N) is 1. The molecule has 2 aromatic rings. The number of nitrogens with zero attached hydrogens (tertiary/aromatic N) is 2. The van der Waals surface area contributed by atoms with E-state index in [0.717, 1.165) is 16.5 Å². The predicted molar refractivity (Wildman–Crippen MR) is 78.3 cm³/mol. The topological polar surface area (TPSA) is 28.2 Å². The van der Waals surface area contributed by atoms with Crippen LogP contribution < -0.4 is 5.32 Å². The molecule has 0 aliphatic rings. The van der Waals surface area contributed by atoms with E-state index in [1.165, 1.54) is 0 Å². The first-order valence-electron chi connectivity index (χ1n) is 6.71. The molecule has 1 heterocycles. The minimum Gasteiger partial charge on any atom is -0.373 e. The van der Waals surface area contributed by atoms with Crippen LogP contribution in [0.2, 0.25) is 0 Å². The number of hydrogen-bond donors (Lipinski definition) is 1. The molecule has 0 aliphatic heterocycles. The number of para-hydroxylation sites is 1. The Morgan fingerprint density at radius 1 is 1.24 bits per heavy atom. The van der Waals surface area contributed by atoms with E-state index in [2.05, 4.69) is 10.3 Å². The zero-order chi connectivity index (χ0) is 15.5. The summed E-state index contributed by atoms with van der Waals surface area (Å²) in [6.07, 6.45) is -4.93. The SMILES string of the molecule is CNc1nc2ccccc2cc1CN(C)CCC(F)(F)F. The van der Waals surface area contributed by atoms with Crippen LogP contribution in [0, 0.1) is 0 Å². The fourth-order valence-electron chi connectivity index (χ4n) is 2.18. The third-order valence-electron chi connectivity index (χ3n) is 3.26. The first-order chi connectivity index (χ1) is 9.89. The van der Waals surface area contributed by atoms with Crippen LogP contribution in [-0.4, -0.2) is 36.7 Å². The summed E-state index contributed by atoms with van der Waals surface area (Å²) in [5.41, 5.74) is 1.75. The highest BCUT2D eigenvalue weighted by Gasteiger charge is 2.27. The van der Waals surface area contributed by atoms with E-state index < -0.39 is 12.6 Å². The van der Waals surface area contributed by atoms with Crippen molar-refractivity contribution in [2.24, 2.45) is 0 Å². The maximum absolute atomic E-state index is 12.3. The fourth-order valence-corrected chi connectivity index (χ4v) is 2.18. The summed E-state index contributed by atoms with van der Waals surface area (Å²) in [6.45, 7) is 0.392. The van der Waals surface area contributed by atoms with Gasteiger partial charge < -0.3 is 10.2 Å². The second kappa shape index (κ2) is 6.30. The molecule has 0 saturated carbocycles. The molecule has 3 nitrogen and oxygen atoms in total. The standard InChI is InChI=1S/C15H18F3N3/c1-19-14-12(10-21(2)8-7-15(16,17)18)9-11-5-3-4-6-13(11)20-14/h3-6,9H,7-8,10H2,1-2H3,(H,19,20). The zero-order valence-corrected chi connectivity index (χ0v) is 12.0. The van der Waals surface area contributed by atoms with E-state index in [1.54, 1.807) is 19.0 Å². The number of anilines is 1. The Labute approximate surface area is 121 Å². The summed E-state index contributed by atoms with van der Waals surface area (Å²) < 4.78 is 36.8. The lowest BCUT2D eigenvalue weighted by atomic mass is 10.1. The molecule has 1 aromatic carbocycles. The van der Waals surface area contributed by atoms with Crippen molar-refractivity contribution >= 4 is 16.7 Å². The van der Waals surface area contributed by atoms with Crippen LogP contribution >= 0.6 is 0 Å². The Balaban J connectivity index is 2.16. The van der Waals surface area contributed by atoms with E-state index in [-0.39, 0.29) is 6.54 Å². The van der Waals surface area contributed by atoms with Gasteiger partial charge in [-0.25, -0.2) is 4.98 Å². The highest BCUT2D eigenvalue weighted by Crippen LogP contribution is 2.23. The number of rotatable bonds is 5. The molecule has 0 unspecified atom stereocenters. The summed E-state index contributed by atoms with van der Waals surface area (Å²) in [7, 11) is 3.44. The maximum atomic E-state index is 12.3. The minimum atomic E-state index is -4.12. The molecule has 0 spiro atoms. The molecule has 21 heavy (non-hydrogen) atoms. The number of benzene rings is 1. The van der Waals surface area contributed by atoms with Gasteiger partial charge in [-0.3, -0.25) is 0 Å². The Morgan fingerprint density at radius 3 is 2.62 bits per heavy atom. The Morgan fingerprint density at radius 2 is 1.95 bits per heavy atom. The number of fused-ring (bicyclic) bond motifs is 1. The van der Waals surface area contributed by atoms with Gasteiger partial charge in [0.25, 0.3) is 0 Å². The average molecular weight is 297 g/mol. The van der Waals surface area contributed by atoms with Gasteiger partial charge in [0.2, 0.25) is 0 Å². The van der Waals surface area contributed by atoms with Crippen LogP contribution in [-0.2, 0) is 6.54 Å². The van der Waals surface area contributed by atoms with Gasteiger partial charge in [-0.2, -0.15) is 13.2 Å². The Hall–Kier alpha value is -1.82. The van der Waals surface area contributed by atoms with Gasteiger partial charge in [-0.05, 0) is 19.2 Å². The second-order valence-electron chi connectivity index (χ2n) is 5.04. The first kappa shape index (κ1) is 15.6. The quantitative estimate of drug-likeness (QED) is 0.913. The van der Waals surface area contributed by atoms with Gasteiger partial charge in [0.15, 0.2) is 0 Å². The van der Waals surface area contributed by atoms with Gasteiger partial charge in [-0.15, -0.1) is 0 Å². The summed E-state index contributed by atoms with van der Waals surface area (Å²) in [5, 5.41) is 3.99. The Bertz CT molecular complexity index is 611. The van der Waals surface area contributed by atoms with Crippen LogP contribution in [0.25, 0.3) is 10.9 Å². The number of hydrogen-bond acceptors (Lipinski definition) is 3. The molecule has 0 bridgehead atoms. The van der Waals surface area contributed by atoms with E-state index in [9.17, 15) is 13.2 Å². The van der Waals surface area contributed by atoms with Crippen LogP contribution in [0.15, 0.2) is 30.3 Å². The van der Waals surface area contributed by atoms with Gasteiger partial charge in [0, 0.05) is 31.1 Å². The van der Waals surface area contributed by atoms with Gasteiger partial charge >= 0.3 is 6.18 Å². The molecular formula is C15H18F3N3. The fraction of sp³-hybridized carbons (Fsp3) is 0.400. The van der Waals surface area contributed by atoms with Crippen LogP contribution in [0.4, 0.5) is 19.0 Å². The molecule has 0 saturated heterocycles. The molecule has 1 N–H and O–H groups in total. The molecule has 114 valence electrons. The van der Waals surface area contributed by atoms with Gasteiger partial charge in [0.05, 0.1) is 11.9 Å². The summed E-state index contributed by atoms with van der Waals surface area (Å²) >= 11 is 0. The number of halogens is 3. The van der Waals surface area contributed by atoms with Crippen molar-refractivity contribution in [2.45, 2.75) is 19.1 Å². The second-order valence-corrected chi connectivity index (χ2v) is 5.04. The highest BCUT2D eigenvalue weighted by atomic mass is 19.4. The van der Waals surface area contributed by atoms with Crippen LogP contribution in [0.3, 0.4) is 0 Å². The Kier molecular flexibility index (Phi) is 4.67. The number of pyridine rings is 1. The molecule has 6 heteroatoms. The smallest absolute Gasteiger partial charge is 0.373 e. The van der Waals surface area contributed by atoms with E-state index in [0.29, 0.717) is 12.4 Å². The summed E-state index contributed by atoms with van der Waals surface area (Å²) in [6, 6.07) is 9.65. The van der Waals surface area contributed by atoms with Gasteiger partial charge in [0.1, 0.15) is 5.82 Å². The van der Waals surface area contributed by atoms with Crippen molar-refractivity contribution in [3.05, 3.63) is 35.9 Å². The van der Waals surface area contributed by atoms with Crippen LogP contribution in [0.1, 0.15) is 12.0 Å². The van der Waals surface area contributed by atoms with Crippen molar-refractivity contribution in [2.75, 3.05) is 26.0 Å². The lowest BCUT2D eigenvalue weighted by Crippen LogP contribution is -2.24. The summed E-state index contributed by atoms with van der Waals surface area (Å²) in [5.74, 6) is 0.701. The third-order valence-corrected chi connectivity index (χ3v) is 3.26. The van der Waals surface area contributed by atoms with Crippen molar-refractivity contribution in [3.63, 3.8) is 0 Å². The molecule has 2 rings (SSSR count). The third kappa shape index (κ3) is 4.32. The summed E-state index contributed by atoms with van der Waals surface area (Å²) in [4.78, 5) is 6.15. The number of alkyl halides is 3. The van der Waals surface area contributed by atoms with Crippen molar-refractivity contribution in [3.8, 4) is 0 Å². The van der Waals surface area contributed by atoms with E-state index in [4.69, 9.17) is 0 Å².